The standard InChI is InChI=1S/C15H16ClNO2/c1-18-14-4-2-3-5-15(14)19-13-7-6-11(8-9-17)10-12(13)16/h2-7,10H,8-9,17H2,1H3. The number of para-hydroxylation sites is 2. The first kappa shape index (κ1) is 13.7. The zero-order chi connectivity index (χ0) is 13.7. The Kier molecular flexibility index (Phi) is 4.66. The molecule has 0 unspecified atom stereocenters. The van der Waals surface area contributed by atoms with Crippen LogP contribution < -0.4 is 15.2 Å². The highest BCUT2D eigenvalue weighted by Gasteiger charge is 2.08. The fourth-order valence-corrected chi connectivity index (χ4v) is 2.01. The molecule has 0 aliphatic rings. The second kappa shape index (κ2) is 6.45. The Labute approximate surface area is 117 Å². The molecule has 4 heteroatoms. The van der Waals surface area contributed by atoms with Crippen molar-refractivity contribution in [2.24, 2.45) is 5.73 Å². The fraction of sp³-hybridized carbons (Fsp3) is 0.200. The van der Waals surface area contributed by atoms with E-state index in [0.29, 0.717) is 28.8 Å². The molecule has 0 aliphatic carbocycles. The molecular formula is C15H16ClNO2. The van der Waals surface area contributed by atoms with E-state index in [1.54, 1.807) is 7.11 Å². The van der Waals surface area contributed by atoms with Crippen molar-refractivity contribution < 1.29 is 9.47 Å². The molecule has 19 heavy (non-hydrogen) atoms. The Hall–Kier alpha value is -1.71. The van der Waals surface area contributed by atoms with Crippen LogP contribution in [-0.4, -0.2) is 13.7 Å². The maximum absolute atomic E-state index is 6.20. The number of rotatable bonds is 5. The van der Waals surface area contributed by atoms with Gasteiger partial charge in [0.15, 0.2) is 11.5 Å². The first-order valence-corrected chi connectivity index (χ1v) is 6.41. The third-order valence-electron chi connectivity index (χ3n) is 2.72. The van der Waals surface area contributed by atoms with Gasteiger partial charge in [0.25, 0.3) is 0 Å². The Morgan fingerprint density at radius 3 is 2.42 bits per heavy atom. The van der Waals surface area contributed by atoms with Gasteiger partial charge in [0.05, 0.1) is 12.1 Å². The third kappa shape index (κ3) is 3.40. The second-order valence-electron chi connectivity index (χ2n) is 4.06. The van der Waals surface area contributed by atoms with Crippen molar-refractivity contribution >= 4 is 11.6 Å². The number of hydrogen-bond acceptors (Lipinski definition) is 3. The topological polar surface area (TPSA) is 44.5 Å². The van der Waals surface area contributed by atoms with E-state index in [1.165, 1.54) is 0 Å². The summed E-state index contributed by atoms with van der Waals surface area (Å²) in [5, 5.41) is 0.567. The van der Waals surface area contributed by atoms with Crippen molar-refractivity contribution in [2.45, 2.75) is 6.42 Å². The minimum Gasteiger partial charge on any atom is -0.493 e. The highest BCUT2D eigenvalue weighted by atomic mass is 35.5. The van der Waals surface area contributed by atoms with E-state index >= 15 is 0 Å². The van der Waals surface area contributed by atoms with Crippen LogP contribution in [0, 0.1) is 0 Å². The summed E-state index contributed by atoms with van der Waals surface area (Å²) >= 11 is 6.20. The van der Waals surface area contributed by atoms with Gasteiger partial charge in [0.2, 0.25) is 0 Å². The molecule has 0 amide bonds. The summed E-state index contributed by atoms with van der Waals surface area (Å²) < 4.78 is 11.0. The molecule has 2 aromatic rings. The average Bonchev–Trinajstić information content (AvgIpc) is 2.43. The molecule has 2 rings (SSSR count). The summed E-state index contributed by atoms with van der Waals surface area (Å²) in [6.07, 6.45) is 0.800. The van der Waals surface area contributed by atoms with Crippen LogP contribution in [0.25, 0.3) is 0 Å². The molecule has 100 valence electrons. The number of nitrogens with two attached hydrogens (primary N) is 1. The number of hydrogen-bond donors (Lipinski definition) is 1. The SMILES string of the molecule is COc1ccccc1Oc1ccc(CCN)cc1Cl. The van der Waals surface area contributed by atoms with Crippen LogP contribution in [0.5, 0.6) is 17.2 Å². The lowest BCUT2D eigenvalue weighted by Crippen LogP contribution is -2.02. The van der Waals surface area contributed by atoms with Gasteiger partial charge in [-0.15, -0.1) is 0 Å². The normalized spacial score (nSPS) is 10.3. The first-order valence-electron chi connectivity index (χ1n) is 6.04. The predicted molar refractivity (Wildman–Crippen MR) is 77.3 cm³/mol. The minimum absolute atomic E-state index is 0.567. The van der Waals surface area contributed by atoms with E-state index in [9.17, 15) is 0 Å². The highest BCUT2D eigenvalue weighted by Crippen LogP contribution is 2.35. The van der Waals surface area contributed by atoms with E-state index < -0.39 is 0 Å². The molecule has 0 heterocycles. The first-order chi connectivity index (χ1) is 9.24. The summed E-state index contributed by atoms with van der Waals surface area (Å²) in [7, 11) is 1.61. The maximum Gasteiger partial charge on any atom is 0.169 e. The van der Waals surface area contributed by atoms with Crippen LogP contribution in [0.1, 0.15) is 5.56 Å². The largest absolute Gasteiger partial charge is 0.493 e. The third-order valence-corrected chi connectivity index (χ3v) is 3.01. The molecule has 0 radical (unpaired) electrons. The van der Waals surface area contributed by atoms with Crippen molar-refractivity contribution in [2.75, 3.05) is 13.7 Å². The lowest BCUT2D eigenvalue weighted by molar-refractivity contribution is 0.379. The Balaban J connectivity index is 2.23. The van der Waals surface area contributed by atoms with E-state index in [-0.39, 0.29) is 0 Å². The monoisotopic (exact) mass is 277 g/mol. The molecule has 0 atom stereocenters. The number of benzene rings is 2. The lowest BCUT2D eigenvalue weighted by Gasteiger charge is -2.11. The smallest absolute Gasteiger partial charge is 0.169 e. The predicted octanol–water partition coefficient (Wildman–Crippen LogP) is 3.64. The minimum atomic E-state index is 0.567. The molecule has 0 spiro atoms. The van der Waals surface area contributed by atoms with Crippen LogP contribution in [0.3, 0.4) is 0 Å². The molecule has 2 aromatic carbocycles. The van der Waals surface area contributed by atoms with Gasteiger partial charge in [0.1, 0.15) is 5.75 Å². The summed E-state index contributed by atoms with van der Waals surface area (Å²) in [6.45, 7) is 0.600. The highest BCUT2D eigenvalue weighted by molar-refractivity contribution is 6.32. The Morgan fingerprint density at radius 2 is 1.79 bits per heavy atom. The van der Waals surface area contributed by atoms with Gasteiger partial charge in [-0.2, -0.15) is 0 Å². The molecule has 0 bridgehead atoms. The van der Waals surface area contributed by atoms with Crippen LogP contribution in [-0.2, 0) is 6.42 Å². The summed E-state index contributed by atoms with van der Waals surface area (Å²) in [5.74, 6) is 1.91. The van der Waals surface area contributed by atoms with Crippen LogP contribution in [0.15, 0.2) is 42.5 Å². The number of ether oxygens (including phenoxy) is 2. The van der Waals surface area contributed by atoms with Crippen molar-refractivity contribution in [3.8, 4) is 17.2 Å². The lowest BCUT2D eigenvalue weighted by atomic mass is 10.1. The van der Waals surface area contributed by atoms with Gasteiger partial charge in [-0.25, -0.2) is 0 Å². The molecular weight excluding hydrogens is 262 g/mol. The average molecular weight is 278 g/mol. The molecule has 0 aromatic heterocycles. The molecule has 3 nitrogen and oxygen atoms in total. The zero-order valence-electron chi connectivity index (χ0n) is 10.7. The van der Waals surface area contributed by atoms with Gasteiger partial charge in [-0.05, 0) is 42.8 Å². The van der Waals surface area contributed by atoms with Gasteiger partial charge in [-0.1, -0.05) is 29.8 Å². The molecule has 0 fully saturated rings. The van der Waals surface area contributed by atoms with Crippen molar-refractivity contribution in [1.82, 2.24) is 0 Å². The number of halogens is 1. The molecule has 0 saturated heterocycles. The summed E-state index contributed by atoms with van der Waals surface area (Å²) in [6, 6.07) is 13.1. The van der Waals surface area contributed by atoms with Crippen molar-refractivity contribution in [3.05, 3.63) is 53.1 Å². The Morgan fingerprint density at radius 1 is 1.05 bits per heavy atom. The van der Waals surface area contributed by atoms with Gasteiger partial charge in [0, 0.05) is 0 Å². The van der Waals surface area contributed by atoms with E-state index in [1.807, 2.05) is 42.5 Å². The van der Waals surface area contributed by atoms with E-state index in [4.69, 9.17) is 26.8 Å². The summed E-state index contributed by atoms with van der Waals surface area (Å²) in [4.78, 5) is 0. The maximum atomic E-state index is 6.20. The molecule has 0 aliphatic heterocycles. The second-order valence-corrected chi connectivity index (χ2v) is 4.46. The van der Waals surface area contributed by atoms with Crippen LogP contribution >= 0.6 is 11.6 Å². The molecule has 0 saturated carbocycles. The Bertz CT molecular complexity index is 558. The number of methoxy groups -OCH3 is 1. The van der Waals surface area contributed by atoms with Gasteiger partial charge >= 0.3 is 0 Å². The van der Waals surface area contributed by atoms with Crippen molar-refractivity contribution in [3.63, 3.8) is 0 Å². The van der Waals surface area contributed by atoms with Gasteiger partial charge < -0.3 is 15.2 Å². The van der Waals surface area contributed by atoms with Gasteiger partial charge in [-0.3, -0.25) is 0 Å². The fourth-order valence-electron chi connectivity index (χ4n) is 1.77. The van der Waals surface area contributed by atoms with E-state index in [0.717, 1.165) is 12.0 Å². The van der Waals surface area contributed by atoms with Crippen LogP contribution in [0.4, 0.5) is 0 Å². The van der Waals surface area contributed by atoms with Crippen LogP contribution in [0.2, 0.25) is 5.02 Å². The quantitative estimate of drug-likeness (QED) is 0.907. The van der Waals surface area contributed by atoms with E-state index in [2.05, 4.69) is 0 Å². The molecule has 2 N–H and O–H groups in total. The summed E-state index contributed by atoms with van der Waals surface area (Å²) in [5.41, 5.74) is 6.62. The van der Waals surface area contributed by atoms with Crippen molar-refractivity contribution in [1.29, 1.82) is 0 Å². The zero-order valence-corrected chi connectivity index (χ0v) is 11.5.